The van der Waals surface area contributed by atoms with Gasteiger partial charge >= 0.3 is 6.18 Å². The van der Waals surface area contributed by atoms with Gasteiger partial charge in [-0.3, -0.25) is 34.3 Å². The van der Waals surface area contributed by atoms with Crippen LogP contribution < -0.4 is 26.0 Å². The number of fused-ring (bicyclic) bond motifs is 3. The standard InChI is InChI=1S/C54H54ClF4N7O6/c1-28-52(23-31(52)15-13-29-9-6-10-32-34(29)26-66(50(32)71)39-17-18-43(67)64-47(39)68)19-8-20-65(28)49(70)30-14-16-37(40(21-30)72-5)62-48(69)46-44(33-11-7-12-36(55)45(33)56)53(42(63-46)24-51(2,3)4)27-61-38-22-41(54(57,58)59)60-25-35(38)53/h6-7,9-12,14,16,21-22,25,28,31,39,42,44,46,61,63H,8,17-20,23-24,26-27H2,1-5H3,(H,62,69)(H,64,67,68)/t28-,31+,39?,42-,44-,46+,52-,53-/m0/s1. The van der Waals surface area contributed by atoms with Crippen molar-refractivity contribution < 1.29 is 46.3 Å². The van der Waals surface area contributed by atoms with E-state index in [4.69, 9.17) is 16.3 Å². The second-order valence-electron chi connectivity index (χ2n) is 21.3. The van der Waals surface area contributed by atoms with E-state index in [0.29, 0.717) is 35.2 Å². The minimum Gasteiger partial charge on any atom is -0.495 e. The molecule has 3 saturated heterocycles. The van der Waals surface area contributed by atoms with Crippen LogP contribution in [0.5, 0.6) is 5.75 Å². The van der Waals surface area contributed by atoms with Gasteiger partial charge < -0.3 is 30.5 Å². The first-order valence-corrected chi connectivity index (χ1v) is 24.6. The Bertz CT molecular complexity index is 3020. The van der Waals surface area contributed by atoms with E-state index in [1.165, 1.54) is 24.3 Å². The number of anilines is 2. The van der Waals surface area contributed by atoms with Crippen molar-refractivity contribution in [2.45, 2.75) is 114 Å². The van der Waals surface area contributed by atoms with Crippen LogP contribution in [-0.4, -0.2) is 88.7 Å². The van der Waals surface area contributed by atoms with Gasteiger partial charge in [-0.2, -0.15) is 13.2 Å². The van der Waals surface area contributed by atoms with Crippen molar-refractivity contribution in [3.05, 3.63) is 117 Å². The SMILES string of the molecule is COc1cc(C(=O)N2CCC[C@]3(C[C@H]3C#Cc3cccc4c3CN(C3CCC(=O)NC3=O)C4=O)[C@@H]2C)ccc1NC(=O)[C@@H]1N[C@@H](CC(C)(C)C)[C@@]2(CNc3cc(C(F)(F)F)ncc32)[C@H]1c1cccc(Cl)c1F. The molecule has 1 aliphatic carbocycles. The predicted octanol–water partition coefficient (Wildman–Crippen LogP) is 8.21. The summed E-state index contributed by atoms with van der Waals surface area (Å²) in [5, 5.41) is 11.8. The summed E-state index contributed by atoms with van der Waals surface area (Å²) in [6, 6.07) is 13.0. The van der Waals surface area contributed by atoms with E-state index in [1.54, 1.807) is 42.5 Å². The van der Waals surface area contributed by atoms with Gasteiger partial charge in [0, 0.05) is 94.9 Å². The zero-order valence-corrected chi connectivity index (χ0v) is 41.1. The van der Waals surface area contributed by atoms with Crippen LogP contribution in [0.15, 0.2) is 66.9 Å². The molecule has 2 spiro atoms. The normalized spacial score (nSPS) is 27.5. The maximum Gasteiger partial charge on any atom is 0.433 e. The molecule has 5 amide bonds. The van der Waals surface area contributed by atoms with Crippen molar-refractivity contribution in [2.75, 3.05) is 30.8 Å². The summed E-state index contributed by atoms with van der Waals surface area (Å²) in [6.07, 6.45) is -0.226. The lowest BCUT2D eigenvalue weighted by molar-refractivity contribution is -0.141. The molecule has 1 unspecified atom stereocenters. The molecular formula is C54H54ClF4N7O6. The minimum atomic E-state index is -4.71. The molecule has 5 aliphatic heterocycles. The van der Waals surface area contributed by atoms with E-state index in [-0.39, 0.29) is 94.2 Å². The van der Waals surface area contributed by atoms with Gasteiger partial charge in [0.25, 0.3) is 11.8 Å². The molecular weight excluding hydrogens is 954 g/mol. The number of carbonyl (C=O) groups excluding carboxylic acids is 5. The van der Waals surface area contributed by atoms with Crippen molar-refractivity contribution in [3.63, 3.8) is 0 Å². The second kappa shape index (κ2) is 17.9. The molecule has 4 aromatic rings. The van der Waals surface area contributed by atoms with Crippen molar-refractivity contribution >= 4 is 52.5 Å². The highest BCUT2D eigenvalue weighted by molar-refractivity contribution is 6.30. The van der Waals surface area contributed by atoms with Crippen molar-refractivity contribution in [2.24, 2.45) is 16.7 Å². The van der Waals surface area contributed by atoms with Crippen LogP contribution in [0.3, 0.4) is 0 Å². The summed E-state index contributed by atoms with van der Waals surface area (Å²) >= 11 is 6.39. The first-order valence-electron chi connectivity index (χ1n) is 24.2. The molecule has 72 heavy (non-hydrogen) atoms. The number of alkyl halides is 3. The molecule has 0 radical (unpaired) electrons. The van der Waals surface area contributed by atoms with Crippen LogP contribution >= 0.6 is 11.6 Å². The number of piperidine rings is 2. The molecule has 4 fully saturated rings. The van der Waals surface area contributed by atoms with Gasteiger partial charge in [0.05, 0.1) is 23.9 Å². The number of pyridine rings is 1. The number of carbonyl (C=O) groups is 5. The number of nitrogens with one attached hydrogen (secondary N) is 4. The number of nitrogens with zero attached hydrogens (tertiary/aromatic N) is 3. The number of rotatable bonds is 7. The molecule has 6 heterocycles. The first kappa shape index (κ1) is 49.1. The third kappa shape index (κ3) is 8.33. The fourth-order valence-electron chi connectivity index (χ4n) is 12.3. The number of benzene rings is 3. The summed E-state index contributed by atoms with van der Waals surface area (Å²) in [5.74, 6) is 3.39. The highest BCUT2D eigenvalue weighted by Crippen LogP contribution is 2.61. The number of hydrogen-bond acceptors (Lipinski definition) is 9. The highest BCUT2D eigenvalue weighted by Gasteiger charge is 2.63. The summed E-state index contributed by atoms with van der Waals surface area (Å²) in [7, 11) is 1.42. The average Bonchev–Trinajstić information content (AvgIpc) is 3.54. The Morgan fingerprint density at radius 2 is 1.83 bits per heavy atom. The molecule has 6 aliphatic rings. The number of amides is 5. The van der Waals surface area contributed by atoms with Crippen LogP contribution in [0, 0.1) is 34.4 Å². The number of ether oxygens (including phenoxy) is 1. The topological polar surface area (TPSA) is 162 Å². The molecule has 1 saturated carbocycles. The predicted molar refractivity (Wildman–Crippen MR) is 260 cm³/mol. The van der Waals surface area contributed by atoms with Crippen LogP contribution in [0.2, 0.25) is 5.02 Å². The number of likely N-dealkylation sites (tertiary alicyclic amines) is 1. The summed E-state index contributed by atoms with van der Waals surface area (Å²) in [6.45, 7) is 8.89. The van der Waals surface area contributed by atoms with E-state index in [9.17, 15) is 37.1 Å². The van der Waals surface area contributed by atoms with E-state index in [2.05, 4.69) is 38.1 Å². The van der Waals surface area contributed by atoms with Crippen LogP contribution in [0.1, 0.15) is 121 Å². The third-order valence-corrected chi connectivity index (χ3v) is 16.3. The summed E-state index contributed by atoms with van der Waals surface area (Å²) < 4.78 is 64.0. The maximum atomic E-state index is 16.4. The van der Waals surface area contributed by atoms with E-state index in [1.807, 2.05) is 38.7 Å². The lowest BCUT2D eigenvalue weighted by atomic mass is 9.63. The smallest absolute Gasteiger partial charge is 0.433 e. The fourth-order valence-corrected chi connectivity index (χ4v) is 12.5. The molecule has 1 aromatic heterocycles. The second-order valence-corrected chi connectivity index (χ2v) is 21.7. The summed E-state index contributed by atoms with van der Waals surface area (Å²) in [5.41, 5.74) is 0.430. The van der Waals surface area contributed by atoms with Gasteiger partial charge in [-0.15, -0.1) is 0 Å². The lowest BCUT2D eigenvalue weighted by Crippen LogP contribution is -2.52. The largest absolute Gasteiger partial charge is 0.495 e. The zero-order valence-electron chi connectivity index (χ0n) is 40.4. The van der Waals surface area contributed by atoms with Crippen molar-refractivity contribution in [1.82, 2.24) is 25.4 Å². The van der Waals surface area contributed by atoms with Gasteiger partial charge in [0.15, 0.2) is 0 Å². The number of aromatic nitrogens is 1. The van der Waals surface area contributed by atoms with Gasteiger partial charge in [-0.1, -0.05) is 62.4 Å². The quantitative estimate of drug-likeness (QED) is 0.0813. The first-order chi connectivity index (χ1) is 34.1. The Balaban J connectivity index is 0.886. The maximum absolute atomic E-state index is 16.4. The Kier molecular flexibility index (Phi) is 12.2. The minimum absolute atomic E-state index is 0.00733. The van der Waals surface area contributed by atoms with Gasteiger partial charge in [0.2, 0.25) is 17.7 Å². The number of halogens is 5. The van der Waals surface area contributed by atoms with Crippen molar-refractivity contribution in [1.29, 1.82) is 0 Å². The Morgan fingerprint density at radius 3 is 2.57 bits per heavy atom. The van der Waals surface area contributed by atoms with E-state index < -0.39 is 59.0 Å². The Hall–Kier alpha value is -6.51. The monoisotopic (exact) mass is 1010 g/mol. The Morgan fingerprint density at radius 1 is 1.06 bits per heavy atom. The molecule has 3 aromatic carbocycles. The molecule has 10 rings (SSSR count). The third-order valence-electron chi connectivity index (χ3n) is 16.0. The van der Waals surface area contributed by atoms with Crippen LogP contribution in [0.4, 0.5) is 28.9 Å². The number of methoxy groups -OCH3 is 1. The Labute approximate surface area is 419 Å². The van der Waals surface area contributed by atoms with E-state index in [0.717, 1.165) is 30.9 Å². The molecule has 4 N–H and O–H groups in total. The molecule has 8 atom stereocenters. The van der Waals surface area contributed by atoms with Gasteiger partial charge in [0.1, 0.15) is 23.3 Å². The number of hydrogen-bond donors (Lipinski definition) is 4. The average molecular weight is 1010 g/mol. The summed E-state index contributed by atoms with van der Waals surface area (Å²) in [4.78, 5) is 74.4. The van der Waals surface area contributed by atoms with Gasteiger partial charge in [-0.05, 0) is 98.0 Å². The number of imide groups is 1. The highest BCUT2D eigenvalue weighted by atomic mass is 35.5. The van der Waals surface area contributed by atoms with Gasteiger partial charge in [-0.25, -0.2) is 4.39 Å². The van der Waals surface area contributed by atoms with Crippen LogP contribution in [0.25, 0.3) is 0 Å². The molecule has 18 heteroatoms. The van der Waals surface area contributed by atoms with E-state index >= 15 is 4.39 Å². The zero-order chi connectivity index (χ0) is 51.2. The van der Waals surface area contributed by atoms with Crippen molar-refractivity contribution in [3.8, 4) is 17.6 Å². The lowest BCUT2D eigenvalue weighted by Gasteiger charge is -2.40. The molecule has 13 nitrogen and oxygen atoms in total. The molecule has 376 valence electrons. The fraction of sp³-hybridized carbons (Fsp3) is 0.444. The van der Waals surface area contributed by atoms with Crippen LogP contribution in [-0.2, 0) is 32.5 Å². The molecule has 0 bridgehead atoms.